The van der Waals surface area contributed by atoms with E-state index in [2.05, 4.69) is 10.3 Å². The van der Waals surface area contributed by atoms with Crippen molar-refractivity contribution < 1.29 is 0 Å². The molecule has 0 saturated heterocycles. The molecule has 0 aliphatic heterocycles. The summed E-state index contributed by atoms with van der Waals surface area (Å²) in [4.78, 5) is 19.0. The number of para-hydroxylation sites is 1. The quantitative estimate of drug-likeness (QED) is 0.331. The van der Waals surface area contributed by atoms with Gasteiger partial charge in [-0.1, -0.05) is 64.8 Å². The van der Waals surface area contributed by atoms with Crippen molar-refractivity contribution >= 4 is 46.1 Å². The second-order valence-corrected chi connectivity index (χ2v) is 8.41. The molecule has 152 valence electrons. The van der Waals surface area contributed by atoms with Gasteiger partial charge in [0.1, 0.15) is 0 Å². The Morgan fingerprint density at radius 1 is 0.839 bits per heavy atom. The van der Waals surface area contributed by atoms with Gasteiger partial charge in [0.05, 0.1) is 16.4 Å². The van der Waals surface area contributed by atoms with Crippen LogP contribution in [-0.4, -0.2) is 24.5 Å². The molecule has 0 amide bonds. The standard InChI is InChI=1S/C22H13Cl2N5OS/c23-14-7-6-10-16(13-14)28-21(30)19-20(29(27-26-19)15-8-2-1-3-9-15)25-22(28)31-18-12-5-4-11-17(18)24/h1-13H. The van der Waals surface area contributed by atoms with Gasteiger partial charge in [-0.15, -0.1) is 5.10 Å². The number of rotatable bonds is 4. The summed E-state index contributed by atoms with van der Waals surface area (Å²) in [7, 11) is 0. The van der Waals surface area contributed by atoms with Gasteiger partial charge in [-0.05, 0) is 54.2 Å². The van der Waals surface area contributed by atoms with Crippen molar-refractivity contribution in [2.45, 2.75) is 10.1 Å². The topological polar surface area (TPSA) is 65.6 Å². The molecule has 2 aromatic heterocycles. The van der Waals surface area contributed by atoms with Crippen molar-refractivity contribution in [3.05, 3.63) is 99.3 Å². The van der Waals surface area contributed by atoms with Crippen molar-refractivity contribution in [2.24, 2.45) is 0 Å². The monoisotopic (exact) mass is 465 g/mol. The number of benzene rings is 3. The van der Waals surface area contributed by atoms with Crippen LogP contribution < -0.4 is 5.56 Å². The molecule has 0 unspecified atom stereocenters. The average molecular weight is 466 g/mol. The third-order valence-corrected chi connectivity index (χ3v) is 6.26. The highest BCUT2D eigenvalue weighted by atomic mass is 35.5. The second kappa shape index (κ2) is 8.19. The highest BCUT2D eigenvalue weighted by Gasteiger charge is 2.20. The summed E-state index contributed by atoms with van der Waals surface area (Å²) in [6, 6.07) is 23.8. The first-order valence-corrected chi connectivity index (χ1v) is 10.8. The minimum Gasteiger partial charge on any atom is -0.266 e. The maximum absolute atomic E-state index is 13.5. The normalized spacial score (nSPS) is 11.2. The minimum atomic E-state index is -0.344. The maximum atomic E-state index is 13.5. The van der Waals surface area contributed by atoms with E-state index in [1.807, 2.05) is 48.5 Å². The van der Waals surface area contributed by atoms with E-state index < -0.39 is 0 Å². The van der Waals surface area contributed by atoms with Crippen LogP contribution in [-0.2, 0) is 0 Å². The van der Waals surface area contributed by atoms with E-state index in [1.54, 1.807) is 35.0 Å². The Labute approximate surface area is 191 Å². The fraction of sp³-hybridized carbons (Fsp3) is 0. The first-order valence-electron chi connectivity index (χ1n) is 9.24. The molecule has 5 aromatic rings. The predicted molar refractivity (Wildman–Crippen MR) is 123 cm³/mol. The lowest BCUT2D eigenvalue weighted by atomic mass is 10.3. The first kappa shape index (κ1) is 19.8. The van der Waals surface area contributed by atoms with E-state index in [0.29, 0.717) is 26.5 Å². The zero-order valence-corrected chi connectivity index (χ0v) is 18.1. The Morgan fingerprint density at radius 3 is 2.35 bits per heavy atom. The first-order chi connectivity index (χ1) is 15.1. The lowest BCUT2D eigenvalue weighted by Gasteiger charge is -2.13. The number of halogens is 2. The van der Waals surface area contributed by atoms with Gasteiger partial charge in [0.15, 0.2) is 16.3 Å². The van der Waals surface area contributed by atoms with Gasteiger partial charge in [0.2, 0.25) is 0 Å². The van der Waals surface area contributed by atoms with Crippen LogP contribution in [0.25, 0.3) is 22.5 Å². The van der Waals surface area contributed by atoms with Gasteiger partial charge in [-0.2, -0.15) is 4.68 Å². The van der Waals surface area contributed by atoms with E-state index >= 15 is 0 Å². The maximum Gasteiger partial charge on any atom is 0.288 e. The number of nitrogens with zero attached hydrogens (tertiary/aromatic N) is 5. The van der Waals surface area contributed by atoms with E-state index in [4.69, 9.17) is 28.2 Å². The van der Waals surface area contributed by atoms with Crippen molar-refractivity contribution in [1.82, 2.24) is 24.5 Å². The van der Waals surface area contributed by atoms with Gasteiger partial charge in [0.25, 0.3) is 5.56 Å². The molecule has 0 bridgehead atoms. The molecule has 0 aliphatic rings. The molecule has 0 N–H and O–H groups in total. The molecule has 9 heteroatoms. The molecule has 0 atom stereocenters. The van der Waals surface area contributed by atoms with E-state index in [-0.39, 0.29) is 11.1 Å². The number of hydrogen-bond donors (Lipinski definition) is 0. The number of aromatic nitrogens is 5. The predicted octanol–water partition coefficient (Wildman–Crippen LogP) is 5.42. The summed E-state index contributed by atoms with van der Waals surface area (Å²) in [6.07, 6.45) is 0. The van der Waals surface area contributed by atoms with E-state index in [0.717, 1.165) is 10.6 Å². The van der Waals surface area contributed by atoms with E-state index in [9.17, 15) is 4.79 Å². The molecule has 6 nitrogen and oxygen atoms in total. The number of hydrogen-bond acceptors (Lipinski definition) is 5. The number of fused-ring (bicyclic) bond motifs is 1. The highest BCUT2D eigenvalue weighted by Crippen LogP contribution is 2.33. The Morgan fingerprint density at radius 2 is 1.58 bits per heavy atom. The second-order valence-electron chi connectivity index (χ2n) is 6.56. The summed E-state index contributed by atoms with van der Waals surface area (Å²) in [6.45, 7) is 0. The molecule has 0 spiro atoms. The molecule has 0 fully saturated rings. The lowest BCUT2D eigenvalue weighted by molar-refractivity contribution is 0.794. The van der Waals surface area contributed by atoms with Gasteiger partial charge in [0, 0.05) is 9.92 Å². The van der Waals surface area contributed by atoms with Crippen molar-refractivity contribution in [3.8, 4) is 11.4 Å². The summed E-state index contributed by atoms with van der Waals surface area (Å²) in [5, 5.41) is 9.78. The summed E-state index contributed by atoms with van der Waals surface area (Å²) in [5.41, 5.74) is 1.52. The van der Waals surface area contributed by atoms with Crippen LogP contribution in [0.2, 0.25) is 10.0 Å². The molecule has 5 rings (SSSR count). The van der Waals surface area contributed by atoms with E-state index in [1.165, 1.54) is 16.3 Å². The largest absolute Gasteiger partial charge is 0.288 e. The molecule has 0 aliphatic carbocycles. The Bertz CT molecular complexity index is 1470. The lowest BCUT2D eigenvalue weighted by Crippen LogP contribution is -2.22. The zero-order chi connectivity index (χ0) is 21.4. The van der Waals surface area contributed by atoms with Crippen LogP contribution in [0.1, 0.15) is 0 Å². The molecule has 31 heavy (non-hydrogen) atoms. The minimum absolute atomic E-state index is 0.160. The summed E-state index contributed by atoms with van der Waals surface area (Å²) in [5.74, 6) is 0. The van der Waals surface area contributed by atoms with Crippen molar-refractivity contribution in [1.29, 1.82) is 0 Å². The zero-order valence-electron chi connectivity index (χ0n) is 15.8. The molecule has 0 saturated carbocycles. The van der Waals surface area contributed by atoms with Crippen molar-refractivity contribution in [2.75, 3.05) is 0 Å². The fourth-order valence-electron chi connectivity index (χ4n) is 3.13. The Hall–Kier alpha value is -3.13. The van der Waals surface area contributed by atoms with Crippen LogP contribution in [0, 0.1) is 0 Å². The van der Waals surface area contributed by atoms with Crippen LogP contribution in [0.3, 0.4) is 0 Å². The van der Waals surface area contributed by atoms with Gasteiger partial charge < -0.3 is 0 Å². The van der Waals surface area contributed by atoms with Gasteiger partial charge >= 0.3 is 0 Å². The third-order valence-electron chi connectivity index (χ3n) is 4.55. The van der Waals surface area contributed by atoms with Crippen LogP contribution in [0.5, 0.6) is 0 Å². The molecular weight excluding hydrogens is 453 g/mol. The SMILES string of the molecule is O=c1c2nnn(-c3ccccc3)c2nc(Sc2ccccc2Cl)n1-c1cccc(Cl)c1. The van der Waals surface area contributed by atoms with Crippen LogP contribution in [0.15, 0.2) is 93.7 Å². The average Bonchev–Trinajstić information content (AvgIpc) is 3.20. The summed E-state index contributed by atoms with van der Waals surface area (Å²) >= 11 is 13.9. The van der Waals surface area contributed by atoms with Gasteiger partial charge in [-0.3, -0.25) is 9.36 Å². The van der Waals surface area contributed by atoms with Crippen LogP contribution >= 0.6 is 35.0 Å². The third kappa shape index (κ3) is 3.72. The Kier molecular flexibility index (Phi) is 5.23. The molecule has 2 heterocycles. The van der Waals surface area contributed by atoms with Crippen LogP contribution in [0.4, 0.5) is 0 Å². The molecule has 0 radical (unpaired) electrons. The summed E-state index contributed by atoms with van der Waals surface area (Å²) < 4.78 is 3.03. The van der Waals surface area contributed by atoms with Crippen molar-refractivity contribution in [3.63, 3.8) is 0 Å². The Balaban J connectivity index is 1.79. The van der Waals surface area contributed by atoms with Gasteiger partial charge in [-0.25, -0.2) is 4.98 Å². The molecule has 3 aromatic carbocycles. The molecular formula is C22H13Cl2N5OS. The fourth-order valence-corrected chi connectivity index (χ4v) is 4.49. The highest BCUT2D eigenvalue weighted by molar-refractivity contribution is 7.99. The smallest absolute Gasteiger partial charge is 0.266 e.